The number of ether oxygens (including phenoxy) is 1. The molecule has 1 amide bonds. The van der Waals surface area contributed by atoms with Gasteiger partial charge in [-0.25, -0.2) is 0 Å². The lowest BCUT2D eigenvalue weighted by Gasteiger charge is -2.18. The van der Waals surface area contributed by atoms with Crippen LogP contribution >= 0.6 is 11.6 Å². The van der Waals surface area contributed by atoms with Gasteiger partial charge in [-0.3, -0.25) is 9.59 Å². The molecule has 2 N–H and O–H groups in total. The summed E-state index contributed by atoms with van der Waals surface area (Å²) in [4.78, 5) is 23.6. The second-order valence-corrected chi connectivity index (χ2v) is 6.70. The summed E-state index contributed by atoms with van der Waals surface area (Å²) in [5.41, 5.74) is 1.49. The van der Waals surface area contributed by atoms with Crippen molar-refractivity contribution in [2.75, 3.05) is 0 Å². The van der Waals surface area contributed by atoms with Crippen LogP contribution in [0.3, 0.4) is 0 Å². The average Bonchev–Trinajstić information content (AvgIpc) is 2.54. The van der Waals surface area contributed by atoms with Gasteiger partial charge >= 0.3 is 5.97 Å². The predicted molar refractivity (Wildman–Crippen MR) is 100 cm³/mol. The number of halogens is 1. The summed E-state index contributed by atoms with van der Waals surface area (Å²) in [5, 5.41) is 12.5. The van der Waals surface area contributed by atoms with Gasteiger partial charge in [0.2, 0.25) is 5.91 Å². The molecule has 0 saturated heterocycles. The number of carboxylic acids is 1. The molecule has 0 saturated carbocycles. The van der Waals surface area contributed by atoms with Crippen LogP contribution in [-0.2, 0) is 16.0 Å². The van der Waals surface area contributed by atoms with Crippen LogP contribution in [0.5, 0.6) is 5.75 Å². The molecule has 5 nitrogen and oxygen atoms in total. The summed E-state index contributed by atoms with van der Waals surface area (Å²) in [7, 11) is 0. The minimum atomic E-state index is -0.988. The highest BCUT2D eigenvalue weighted by Gasteiger charge is 2.18. The lowest BCUT2D eigenvalue weighted by molar-refractivity contribution is -0.137. The summed E-state index contributed by atoms with van der Waals surface area (Å²) >= 11 is 5.87. The van der Waals surface area contributed by atoms with Crippen molar-refractivity contribution >= 4 is 23.5 Å². The van der Waals surface area contributed by atoms with Gasteiger partial charge in [-0.05, 0) is 49.2 Å². The molecular formula is C20H22ClNO4. The normalized spacial score (nSPS) is 11.8. The summed E-state index contributed by atoms with van der Waals surface area (Å²) < 4.78 is 5.63. The Morgan fingerprint density at radius 2 is 1.85 bits per heavy atom. The zero-order valence-corrected chi connectivity index (χ0v) is 15.5. The maximum atomic E-state index is 12.4. The largest absolute Gasteiger partial charge is 0.491 e. The minimum absolute atomic E-state index is 0.0453. The Labute approximate surface area is 157 Å². The third-order valence-electron chi connectivity index (χ3n) is 3.62. The van der Waals surface area contributed by atoms with Gasteiger partial charge in [0, 0.05) is 5.02 Å². The van der Waals surface area contributed by atoms with Crippen LogP contribution in [0.15, 0.2) is 48.5 Å². The topological polar surface area (TPSA) is 75.6 Å². The second-order valence-electron chi connectivity index (χ2n) is 6.26. The standard InChI is InChI=1S/C20H22ClNO4/c1-13(2)26-17-5-3-4-14(10-17)11-19(23)22-18(12-20(24)25)15-6-8-16(21)9-7-15/h3-10,13,18H,11-12H2,1-2H3,(H,22,23)(H,24,25)/t18-/m0/s1. The number of hydrogen-bond donors (Lipinski definition) is 2. The molecule has 0 radical (unpaired) electrons. The van der Waals surface area contributed by atoms with Gasteiger partial charge in [-0.1, -0.05) is 35.9 Å². The molecule has 0 heterocycles. The molecule has 0 fully saturated rings. The quantitative estimate of drug-likeness (QED) is 0.731. The monoisotopic (exact) mass is 375 g/mol. The first-order valence-electron chi connectivity index (χ1n) is 8.35. The highest BCUT2D eigenvalue weighted by atomic mass is 35.5. The molecule has 6 heteroatoms. The van der Waals surface area contributed by atoms with Gasteiger partial charge < -0.3 is 15.2 Å². The highest BCUT2D eigenvalue weighted by Crippen LogP contribution is 2.20. The molecule has 0 aliphatic heterocycles. The summed E-state index contributed by atoms with van der Waals surface area (Å²) in [6.07, 6.45) is -0.0213. The molecule has 0 aromatic heterocycles. The van der Waals surface area contributed by atoms with Gasteiger partial charge in [0.1, 0.15) is 5.75 Å². The van der Waals surface area contributed by atoms with Gasteiger partial charge in [0.05, 0.1) is 25.0 Å². The minimum Gasteiger partial charge on any atom is -0.491 e. The third kappa shape index (κ3) is 6.41. The molecular weight excluding hydrogens is 354 g/mol. The summed E-state index contributed by atoms with van der Waals surface area (Å²) in [5.74, 6) is -0.546. The van der Waals surface area contributed by atoms with Crippen LogP contribution in [-0.4, -0.2) is 23.1 Å². The van der Waals surface area contributed by atoms with Crippen LogP contribution < -0.4 is 10.1 Å². The van der Waals surface area contributed by atoms with Crippen LogP contribution in [0.25, 0.3) is 0 Å². The number of carboxylic acid groups (broad SMARTS) is 1. The molecule has 2 aromatic rings. The summed E-state index contributed by atoms with van der Waals surface area (Å²) in [6, 6.07) is 13.5. The van der Waals surface area contributed by atoms with Crippen molar-refractivity contribution < 1.29 is 19.4 Å². The molecule has 2 aromatic carbocycles. The lowest BCUT2D eigenvalue weighted by atomic mass is 10.0. The number of rotatable bonds is 8. The maximum Gasteiger partial charge on any atom is 0.305 e. The molecule has 138 valence electrons. The number of amides is 1. The van der Waals surface area contributed by atoms with E-state index in [0.717, 1.165) is 5.56 Å². The maximum absolute atomic E-state index is 12.4. The number of carbonyl (C=O) groups excluding carboxylic acids is 1. The second kappa shape index (κ2) is 9.25. The van der Waals surface area contributed by atoms with Crippen LogP contribution in [0.4, 0.5) is 0 Å². The van der Waals surface area contributed by atoms with Crippen molar-refractivity contribution in [1.29, 1.82) is 0 Å². The number of nitrogens with one attached hydrogen (secondary N) is 1. The predicted octanol–water partition coefficient (Wildman–Crippen LogP) is 4.00. The van der Waals surface area contributed by atoms with E-state index in [2.05, 4.69) is 5.32 Å². The number of aliphatic carboxylic acids is 1. The number of carbonyl (C=O) groups is 2. The van der Waals surface area contributed by atoms with Crippen LogP contribution in [0.2, 0.25) is 5.02 Å². The molecule has 1 atom stereocenters. The van der Waals surface area contributed by atoms with E-state index in [-0.39, 0.29) is 24.9 Å². The average molecular weight is 376 g/mol. The van der Waals surface area contributed by atoms with E-state index in [1.807, 2.05) is 38.1 Å². The zero-order chi connectivity index (χ0) is 19.1. The molecule has 0 aliphatic rings. The smallest absolute Gasteiger partial charge is 0.305 e. The van der Waals surface area contributed by atoms with E-state index in [9.17, 15) is 9.59 Å². The Hall–Kier alpha value is -2.53. The Balaban J connectivity index is 2.07. The first-order valence-corrected chi connectivity index (χ1v) is 8.73. The van der Waals surface area contributed by atoms with Crippen molar-refractivity contribution in [3.63, 3.8) is 0 Å². The first kappa shape index (κ1) is 19.8. The van der Waals surface area contributed by atoms with Gasteiger partial charge in [-0.2, -0.15) is 0 Å². The third-order valence-corrected chi connectivity index (χ3v) is 3.87. The van der Waals surface area contributed by atoms with Gasteiger partial charge in [0.15, 0.2) is 0 Å². The zero-order valence-electron chi connectivity index (χ0n) is 14.7. The SMILES string of the molecule is CC(C)Oc1cccc(CC(=O)N[C@@H](CC(=O)O)c2ccc(Cl)cc2)c1. The molecule has 26 heavy (non-hydrogen) atoms. The highest BCUT2D eigenvalue weighted by molar-refractivity contribution is 6.30. The van der Waals surface area contributed by atoms with Crippen molar-refractivity contribution in [3.05, 3.63) is 64.7 Å². The number of benzene rings is 2. The van der Waals surface area contributed by atoms with Crippen LogP contribution in [0.1, 0.15) is 37.4 Å². The van der Waals surface area contributed by atoms with Crippen molar-refractivity contribution in [2.24, 2.45) is 0 Å². The molecule has 0 bridgehead atoms. The Morgan fingerprint density at radius 1 is 1.15 bits per heavy atom. The summed E-state index contributed by atoms with van der Waals surface area (Å²) in [6.45, 7) is 3.87. The van der Waals surface area contributed by atoms with Crippen LogP contribution in [0, 0.1) is 0 Å². The Kier molecular flexibility index (Phi) is 7.04. The van der Waals surface area contributed by atoms with Gasteiger partial charge in [-0.15, -0.1) is 0 Å². The van der Waals surface area contributed by atoms with E-state index in [4.69, 9.17) is 21.4 Å². The van der Waals surface area contributed by atoms with Crippen molar-refractivity contribution in [1.82, 2.24) is 5.32 Å². The van der Waals surface area contributed by atoms with Crippen molar-refractivity contribution in [2.45, 2.75) is 38.8 Å². The lowest BCUT2D eigenvalue weighted by Crippen LogP contribution is -2.31. The van der Waals surface area contributed by atoms with Gasteiger partial charge in [0.25, 0.3) is 0 Å². The number of hydrogen-bond acceptors (Lipinski definition) is 3. The fourth-order valence-electron chi connectivity index (χ4n) is 2.55. The van der Waals surface area contributed by atoms with E-state index in [1.54, 1.807) is 24.3 Å². The Morgan fingerprint density at radius 3 is 2.46 bits per heavy atom. The fraction of sp³-hybridized carbons (Fsp3) is 0.300. The van der Waals surface area contributed by atoms with E-state index in [1.165, 1.54) is 0 Å². The first-order chi connectivity index (χ1) is 12.3. The van der Waals surface area contributed by atoms with Crippen molar-refractivity contribution in [3.8, 4) is 5.75 Å². The fourth-order valence-corrected chi connectivity index (χ4v) is 2.68. The van der Waals surface area contributed by atoms with E-state index < -0.39 is 12.0 Å². The molecule has 0 spiro atoms. The molecule has 0 unspecified atom stereocenters. The Bertz CT molecular complexity index is 759. The molecule has 2 rings (SSSR count). The van der Waals surface area contributed by atoms with E-state index >= 15 is 0 Å². The molecule has 0 aliphatic carbocycles. The van der Waals surface area contributed by atoms with E-state index in [0.29, 0.717) is 16.3 Å².